The Bertz CT molecular complexity index is 1250. The van der Waals surface area contributed by atoms with Crippen molar-refractivity contribution in [2.24, 2.45) is 17.3 Å². The first-order valence-corrected chi connectivity index (χ1v) is 15.2. The second kappa shape index (κ2) is 11.7. The quantitative estimate of drug-likeness (QED) is 0.350. The number of nitrogens with one attached hydrogen (secondary N) is 3. The molecule has 3 saturated heterocycles. The number of fused-ring (bicyclic) bond motifs is 3. The van der Waals surface area contributed by atoms with Gasteiger partial charge >= 0.3 is 12.1 Å². The Morgan fingerprint density at radius 1 is 1.12 bits per heavy atom. The topological polar surface area (TPSA) is 142 Å². The molecule has 1 saturated carbocycles. The van der Waals surface area contributed by atoms with Gasteiger partial charge in [0.2, 0.25) is 32.7 Å². The Balaban J connectivity index is 2.00. The second-order valence-electron chi connectivity index (χ2n) is 12.1. The van der Waals surface area contributed by atoms with E-state index in [1.165, 1.54) is 20.8 Å². The molecule has 0 spiro atoms. The number of alkyl halides is 5. The van der Waals surface area contributed by atoms with Crippen molar-refractivity contribution in [3.63, 3.8) is 0 Å². The van der Waals surface area contributed by atoms with Gasteiger partial charge in [-0.15, -0.1) is 0 Å². The lowest BCUT2D eigenvalue weighted by atomic mass is 9.70. The molecule has 4 amide bonds. The fraction of sp³-hybridized carbons (Fsp3) is 0.760. The SMILES string of the molecule is CC(C)(C)[C@@H](NC(=O)C(F)(F)F)C(=O)N1[C@@H]2CC[C@H]([C@H]1C(=O)N[C@H](/C=C(/F)S(C)(=O)=O)C[C@@H]1CCNC1=O)C(F)(F)C2. The highest BCUT2D eigenvalue weighted by atomic mass is 32.2. The average Bonchev–Trinajstić information content (AvgIpc) is 3.22. The van der Waals surface area contributed by atoms with Crippen molar-refractivity contribution in [2.45, 2.75) is 89.1 Å². The maximum Gasteiger partial charge on any atom is 0.471 e. The Kier molecular flexibility index (Phi) is 9.36. The van der Waals surface area contributed by atoms with Crippen LogP contribution >= 0.6 is 0 Å². The molecule has 4 fully saturated rings. The molecular weight excluding hydrogens is 598 g/mol. The van der Waals surface area contributed by atoms with E-state index in [9.17, 15) is 45.2 Å². The molecule has 238 valence electrons. The molecule has 42 heavy (non-hydrogen) atoms. The number of halogens is 6. The summed E-state index contributed by atoms with van der Waals surface area (Å²) in [7, 11) is -4.38. The van der Waals surface area contributed by atoms with Gasteiger partial charge in [0.1, 0.15) is 12.1 Å². The summed E-state index contributed by atoms with van der Waals surface area (Å²) < 4.78 is 107. The molecule has 2 bridgehead atoms. The van der Waals surface area contributed by atoms with Crippen molar-refractivity contribution in [3.05, 3.63) is 11.2 Å². The number of rotatable bonds is 8. The fourth-order valence-electron chi connectivity index (χ4n) is 5.73. The normalized spacial score (nSPS) is 27.7. The smallest absolute Gasteiger partial charge is 0.356 e. The summed E-state index contributed by atoms with van der Waals surface area (Å²) in [5.74, 6) is -11.3. The number of sulfone groups is 1. The van der Waals surface area contributed by atoms with E-state index in [1.807, 2.05) is 0 Å². The maximum absolute atomic E-state index is 15.1. The molecule has 4 rings (SSSR count). The van der Waals surface area contributed by atoms with Crippen molar-refractivity contribution >= 4 is 33.5 Å². The predicted molar refractivity (Wildman–Crippen MR) is 136 cm³/mol. The average molecular weight is 633 g/mol. The number of hydrogen-bond donors (Lipinski definition) is 3. The van der Waals surface area contributed by atoms with Crippen molar-refractivity contribution in [1.82, 2.24) is 20.9 Å². The maximum atomic E-state index is 15.1. The number of carbonyl (C=O) groups is 4. The summed E-state index contributed by atoms with van der Waals surface area (Å²) in [6.45, 7) is 4.31. The highest BCUT2D eigenvalue weighted by Crippen LogP contribution is 2.49. The lowest BCUT2D eigenvalue weighted by molar-refractivity contribution is -0.197. The minimum atomic E-state index is -5.36. The molecule has 10 nitrogen and oxygen atoms in total. The van der Waals surface area contributed by atoms with Gasteiger partial charge in [-0.2, -0.15) is 17.6 Å². The Labute approximate surface area is 238 Å². The third-order valence-electron chi connectivity index (χ3n) is 7.82. The number of piperidine rings is 2. The van der Waals surface area contributed by atoms with Crippen LogP contribution in [0.1, 0.15) is 52.9 Å². The van der Waals surface area contributed by atoms with Crippen molar-refractivity contribution in [1.29, 1.82) is 0 Å². The van der Waals surface area contributed by atoms with Crippen LogP contribution in [0.2, 0.25) is 0 Å². The van der Waals surface area contributed by atoms with E-state index in [-0.39, 0.29) is 32.2 Å². The van der Waals surface area contributed by atoms with Crippen LogP contribution < -0.4 is 16.0 Å². The van der Waals surface area contributed by atoms with Crippen LogP contribution in [0, 0.1) is 17.3 Å². The largest absolute Gasteiger partial charge is 0.471 e. The van der Waals surface area contributed by atoms with Crippen LogP contribution in [0.5, 0.6) is 0 Å². The first kappa shape index (κ1) is 33.6. The van der Waals surface area contributed by atoms with E-state index in [2.05, 4.69) is 10.6 Å². The molecule has 0 unspecified atom stereocenters. The lowest BCUT2D eigenvalue weighted by Gasteiger charge is -2.55. The van der Waals surface area contributed by atoms with Crippen LogP contribution in [0.15, 0.2) is 11.2 Å². The van der Waals surface area contributed by atoms with Gasteiger partial charge in [-0.1, -0.05) is 20.8 Å². The Morgan fingerprint density at radius 2 is 1.74 bits per heavy atom. The number of carbonyl (C=O) groups excluding carboxylic acids is 4. The van der Waals surface area contributed by atoms with Crippen LogP contribution in [0.25, 0.3) is 0 Å². The third kappa shape index (κ3) is 7.37. The molecule has 3 aliphatic heterocycles. The van der Waals surface area contributed by atoms with Crippen LogP contribution in [0.3, 0.4) is 0 Å². The first-order chi connectivity index (χ1) is 19.0. The third-order valence-corrected chi connectivity index (χ3v) is 8.66. The Hall–Kier alpha value is -2.85. The summed E-state index contributed by atoms with van der Waals surface area (Å²) in [5.41, 5.74) is -1.35. The van der Waals surface area contributed by atoms with Crippen LogP contribution in [-0.4, -0.2) is 86.0 Å². The molecular formula is C25H34F6N4O6S. The predicted octanol–water partition coefficient (Wildman–Crippen LogP) is 1.96. The van der Waals surface area contributed by atoms with Gasteiger partial charge in [0, 0.05) is 31.2 Å². The molecule has 1 aliphatic carbocycles. The zero-order valence-electron chi connectivity index (χ0n) is 23.4. The summed E-state index contributed by atoms with van der Waals surface area (Å²) in [5, 5.41) is 4.81. The molecule has 6 atom stereocenters. The van der Waals surface area contributed by atoms with Gasteiger partial charge in [0.15, 0.2) is 0 Å². The summed E-state index contributed by atoms with van der Waals surface area (Å²) in [6, 6.07) is -6.56. The monoisotopic (exact) mass is 632 g/mol. The molecule has 0 radical (unpaired) electrons. The van der Waals surface area contributed by atoms with Gasteiger partial charge in [0.05, 0.1) is 12.0 Å². The summed E-state index contributed by atoms with van der Waals surface area (Å²) >= 11 is 0. The zero-order chi connectivity index (χ0) is 32.0. The molecule has 0 aromatic rings. The van der Waals surface area contributed by atoms with Gasteiger partial charge in [0.25, 0.3) is 5.92 Å². The minimum Gasteiger partial charge on any atom is -0.356 e. The fourth-order valence-corrected chi connectivity index (χ4v) is 6.14. The second-order valence-corrected chi connectivity index (χ2v) is 14.1. The number of nitrogens with zero attached hydrogens (tertiary/aromatic N) is 1. The van der Waals surface area contributed by atoms with E-state index in [4.69, 9.17) is 0 Å². The van der Waals surface area contributed by atoms with Gasteiger partial charge < -0.3 is 20.9 Å². The molecule has 4 aliphatic rings. The van der Waals surface area contributed by atoms with Gasteiger partial charge in [-0.3, -0.25) is 19.2 Å². The molecule has 0 aromatic carbocycles. The van der Waals surface area contributed by atoms with E-state index < -0.39 is 98.6 Å². The number of amides is 4. The summed E-state index contributed by atoms with van der Waals surface area (Å²) in [6.07, 6.45) is -5.38. The van der Waals surface area contributed by atoms with E-state index in [0.29, 0.717) is 12.3 Å². The highest BCUT2D eigenvalue weighted by molar-refractivity contribution is 7.94. The molecule has 0 aromatic heterocycles. The van der Waals surface area contributed by atoms with E-state index >= 15 is 8.78 Å². The molecule has 17 heteroatoms. The summed E-state index contributed by atoms with van der Waals surface area (Å²) in [4.78, 5) is 52.0. The lowest BCUT2D eigenvalue weighted by Crippen LogP contribution is -2.71. The highest BCUT2D eigenvalue weighted by Gasteiger charge is 2.61. The standard InChI is InChI=1S/C25H34F6N4O6S/c1-23(2,3)18(34-22(39)25(29,30)31)21(38)35-14-5-6-15(24(27,28)11-14)17(35)20(37)33-13(10-16(26)42(4,40)41)9-12-7-8-32-19(12)36/h10,12-15,17-18H,5-9,11H2,1-4H3,(H,32,36)(H,33,37)(H,34,39)/b16-10-/t12-,13-,14+,15+,17-,18-/m0/s1. The van der Waals surface area contributed by atoms with Crippen molar-refractivity contribution in [2.75, 3.05) is 12.8 Å². The van der Waals surface area contributed by atoms with E-state index in [1.54, 1.807) is 5.32 Å². The van der Waals surface area contributed by atoms with E-state index in [0.717, 1.165) is 4.90 Å². The van der Waals surface area contributed by atoms with Crippen molar-refractivity contribution in [3.8, 4) is 0 Å². The van der Waals surface area contributed by atoms with Gasteiger partial charge in [-0.25, -0.2) is 17.2 Å². The molecule has 3 heterocycles. The van der Waals surface area contributed by atoms with Crippen LogP contribution in [0.4, 0.5) is 26.3 Å². The van der Waals surface area contributed by atoms with Crippen molar-refractivity contribution < 1.29 is 53.9 Å². The Morgan fingerprint density at radius 3 is 2.21 bits per heavy atom. The minimum absolute atomic E-state index is 0.00808. The molecule has 3 N–H and O–H groups in total. The zero-order valence-corrected chi connectivity index (χ0v) is 24.2. The van der Waals surface area contributed by atoms with Gasteiger partial charge in [-0.05, 0) is 37.2 Å². The number of hydrogen-bond acceptors (Lipinski definition) is 6. The first-order valence-electron chi connectivity index (χ1n) is 13.3. The van der Waals surface area contributed by atoms with Crippen LogP contribution in [-0.2, 0) is 29.0 Å².